The second-order valence-corrected chi connectivity index (χ2v) is 8.28. The standard InChI is InChI=1S/C12H18FNO5S2/c1-4-14(7-8-19-2)21(17,18)12-9-10(20(3,15)16)5-6-11(12)13/h5-6,9H,4,7-8H2,1-3H3. The molecule has 9 heteroatoms. The molecule has 0 aromatic heterocycles. The van der Waals surface area contributed by atoms with E-state index in [1.165, 1.54) is 7.11 Å². The van der Waals surface area contributed by atoms with Crippen LogP contribution in [0.1, 0.15) is 6.92 Å². The summed E-state index contributed by atoms with van der Waals surface area (Å²) in [6, 6.07) is 2.72. The third kappa shape index (κ3) is 4.22. The van der Waals surface area contributed by atoms with Gasteiger partial charge in [-0.1, -0.05) is 6.92 Å². The molecule has 1 aromatic carbocycles. The van der Waals surface area contributed by atoms with Crippen LogP contribution in [0.3, 0.4) is 0 Å². The Kier molecular flexibility index (Phi) is 5.85. The third-order valence-electron chi connectivity index (χ3n) is 2.85. The van der Waals surface area contributed by atoms with E-state index < -0.39 is 30.6 Å². The lowest BCUT2D eigenvalue weighted by atomic mass is 10.3. The first-order valence-electron chi connectivity index (χ1n) is 6.13. The van der Waals surface area contributed by atoms with Crippen molar-refractivity contribution in [3.8, 4) is 0 Å². The van der Waals surface area contributed by atoms with Crippen molar-refractivity contribution < 1.29 is 26.0 Å². The molecular formula is C12H18FNO5S2. The molecule has 1 rings (SSSR count). The van der Waals surface area contributed by atoms with Gasteiger partial charge in [-0.2, -0.15) is 4.31 Å². The fourth-order valence-corrected chi connectivity index (χ4v) is 3.94. The molecule has 0 aliphatic rings. The summed E-state index contributed by atoms with van der Waals surface area (Å²) in [5.74, 6) is -0.988. The number of sulfonamides is 1. The normalized spacial score (nSPS) is 12.8. The summed E-state index contributed by atoms with van der Waals surface area (Å²) >= 11 is 0. The number of nitrogens with zero attached hydrogens (tertiary/aromatic N) is 1. The summed E-state index contributed by atoms with van der Waals surface area (Å²) in [5, 5.41) is 0. The predicted molar refractivity (Wildman–Crippen MR) is 75.8 cm³/mol. The number of methoxy groups -OCH3 is 1. The Morgan fingerprint density at radius 2 is 1.86 bits per heavy atom. The third-order valence-corrected chi connectivity index (χ3v) is 5.95. The van der Waals surface area contributed by atoms with E-state index in [-0.39, 0.29) is 24.6 Å². The molecule has 1 aromatic rings. The van der Waals surface area contributed by atoms with E-state index in [4.69, 9.17) is 4.74 Å². The van der Waals surface area contributed by atoms with E-state index in [0.717, 1.165) is 28.8 Å². The maximum atomic E-state index is 13.8. The Labute approximate surface area is 124 Å². The lowest BCUT2D eigenvalue weighted by molar-refractivity contribution is 0.180. The highest BCUT2D eigenvalue weighted by Gasteiger charge is 2.27. The van der Waals surface area contributed by atoms with Crippen molar-refractivity contribution in [2.24, 2.45) is 0 Å². The maximum absolute atomic E-state index is 13.8. The number of hydrogen-bond acceptors (Lipinski definition) is 5. The smallest absolute Gasteiger partial charge is 0.246 e. The van der Waals surface area contributed by atoms with E-state index in [0.29, 0.717) is 0 Å². The molecule has 0 N–H and O–H groups in total. The van der Waals surface area contributed by atoms with Gasteiger partial charge >= 0.3 is 0 Å². The van der Waals surface area contributed by atoms with Gasteiger partial charge in [0.1, 0.15) is 10.7 Å². The lowest BCUT2D eigenvalue weighted by Gasteiger charge is -2.20. The first-order chi connectivity index (χ1) is 9.64. The summed E-state index contributed by atoms with van der Waals surface area (Å²) in [5.41, 5.74) is 0. The number of likely N-dealkylation sites (N-methyl/N-ethyl adjacent to an activating group) is 1. The van der Waals surface area contributed by atoms with Crippen LogP contribution in [-0.2, 0) is 24.6 Å². The van der Waals surface area contributed by atoms with E-state index >= 15 is 0 Å². The van der Waals surface area contributed by atoms with Crippen LogP contribution < -0.4 is 0 Å². The van der Waals surface area contributed by atoms with Gasteiger partial charge in [-0.05, 0) is 18.2 Å². The SMILES string of the molecule is CCN(CCOC)S(=O)(=O)c1cc(S(C)(=O)=O)ccc1F. The fourth-order valence-electron chi connectivity index (χ4n) is 1.69. The minimum Gasteiger partial charge on any atom is -0.383 e. The van der Waals surface area contributed by atoms with Crippen molar-refractivity contribution >= 4 is 19.9 Å². The minimum absolute atomic E-state index is 0.0534. The molecule has 0 aliphatic heterocycles. The first-order valence-corrected chi connectivity index (χ1v) is 9.46. The van der Waals surface area contributed by atoms with Crippen molar-refractivity contribution in [2.45, 2.75) is 16.7 Å². The van der Waals surface area contributed by atoms with Crippen molar-refractivity contribution in [3.63, 3.8) is 0 Å². The largest absolute Gasteiger partial charge is 0.383 e. The second-order valence-electron chi connectivity index (χ2n) is 4.35. The van der Waals surface area contributed by atoms with E-state index in [1.54, 1.807) is 6.92 Å². The topological polar surface area (TPSA) is 80.8 Å². The monoisotopic (exact) mass is 339 g/mol. The highest BCUT2D eigenvalue weighted by Crippen LogP contribution is 2.22. The fraction of sp³-hybridized carbons (Fsp3) is 0.500. The van der Waals surface area contributed by atoms with Gasteiger partial charge in [0.05, 0.1) is 11.5 Å². The molecule has 120 valence electrons. The van der Waals surface area contributed by atoms with Crippen LogP contribution in [0, 0.1) is 5.82 Å². The van der Waals surface area contributed by atoms with Crippen molar-refractivity contribution in [1.82, 2.24) is 4.31 Å². The summed E-state index contributed by atoms with van der Waals surface area (Å²) < 4.78 is 67.5. The van der Waals surface area contributed by atoms with Crippen LogP contribution in [0.5, 0.6) is 0 Å². The number of halogens is 1. The summed E-state index contributed by atoms with van der Waals surface area (Å²) in [6.07, 6.45) is 0.930. The van der Waals surface area contributed by atoms with Crippen LogP contribution in [0.2, 0.25) is 0 Å². The van der Waals surface area contributed by atoms with Crippen LogP contribution in [0.4, 0.5) is 4.39 Å². The molecule has 0 fully saturated rings. The van der Waals surface area contributed by atoms with Crippen LogP contribution >= 0.6 is 0 Å². The summed E-state index contributed by atoms with van der Waals surface area (Å²) in [6.45, 7) is 1.93. The van der Waals surface area contributed by atoms with Gasteiger partial charge in [0.15, 0.2) is 9.84 Å². The van der Waals surface area contributed by atoms with Gasteiger partial charge < -0.3 is 4.74 Å². The highest BCUT2D eigenvalue weighted by molar-refractivity contribution is 7.91. The average molecular weight is 339 g/mol. The zero-order chi connectivity index (χ0) is 16.3. The molecule has 0 bridgehead atoms. The van der Waals surface area contributed by atoms with Crippen LogP contribution in [0.25, 0.3) is 0 Å². The lowest BCUT2D eigenvalue weighted by Crippen LogP contribution is -2.34. The molecule has 0 amide bonds. The number of benzene rings is 1. The van der Waals surface area contributed by atoms with Crippen molar-refractivity contribution in [1.29, 1.82) is 0 Å². The Morgan fingerprint density at radius 3 is 2.33 bits per heavy atom. The molecular weight excluding hydrogens is 321 g/mol. The molecule has 0 saturated carbocycles. The average Bonchev–Trinajstić information content (AvgIpc) is 2.38. The molecule has 6 nitrogen and oxygen atoms in total. The molecule has 0 aliphatic carbocycles. The van der Waals surface area contributed by atoms with Gasteiger partial charge in [-0.15, -0.1) is 0 Å². The number of rotatable bonds is 7. The zero-order valence-electron chi connectivity index (χ0n) is 12.0. The maximum Gasteiger partial charge on any atom is 0.246 e. The van der Waals surface area contributed by atoms with Crippen LogP contribution in [0.15, 0.2) is 28.0 Å². The van der Waals surface area contributed by atoms with Gasteiger partial charge in [0.25, 0.3) is 0 Å². The Bertz CT molecular complexity index is 700. The van der Waals surface area contributed by atoms with Gasteiger partial charge in [0.2, 0.25) is 10.0 Å². The molecule has 0 atom stereocenters. The quantitative estimate of drug-likeness (QED) is 0.689. The van der Waals surface area contributed by atoms with Crippen LogP contribution in [-0.4, -0.2) is 54.2 Å². The molecule has 0 radical (unpaired) electrons. The Morgan fingerprint density at radius 1 is 1.24 bits per heavy atom. The molecule has 0 spiro atoms. The highest BCUT2D eigenvalue weighted by atomic mass is 32.2. The van der Waals surface area contributed by atoms with Gasteiger partial charge in [-0.25, -0.2) is 21.2 Å². The van der Waals surface area contributed by atoms with Crippen molar-refractivity contribution in [2.75, 3.05) is 33.1 Å². The zero-order valence-corrected chi connectivity index (χ0v) is 13.7. The summed E-state index contributed by atoms with van der Waals surface area (Å²) in [4.78, 5) is -0.895. The predicted octanol–water partition coefficient (Wildman–Crippen LogP) is 0.886. The minimum atomic E-state index is -4.12. The number of ether oxygens (including phenoxy) is 1. The summed E-state index contributed by atoms with van der Waals surface area (Å²) in [7, 11) is -6.33. The number of sulfone groups is 1. The number of hydrogen-bond donors (Lipinski definition) is 0. The first kappa shape index (κ1) is 18.0. The van der Waals surface area contributed by atoms with Crippen molar-refractivity contribution in [3.05, 3.63) is 24.0 Å². The second kappa shape index (κ2) is 6.82. The van der Waals surface area contributed by atoms with Gasteiger partial charge in [-0.3, -0.25) is 0 Å². The molecule has 0 unspecified atom stereocenters. The van der Waals surface area contributed by atoms with E-state index in [1.807, 2.05) is 0 Å². The molecule has 21 heavy (non-hydrogen) atoms. The van der Waals surface area contributed by atoms with E-state index in [9.17, 15) is 21.2 Å². The Hall–Kier alpha value is -1.03. The Balaban J connectivity index is 3.36. The van der Waals surface area contributed by atoms with E-state index in [2.05, 4.69) is 0 Å². The van der Waals surface area contributed by atoms with Gasteiger partial charge in [0, 0.05) is 26.5 Å². The molecule has 0 saturated heterocycles. The molecule has 0 heterocycles.